The number of carbonyl (C=O) groups excluding carboxylic acids is 6. The largest absolute Gasteiger partial charge is 0.394 e. The lowest BCUT2D eigenvalue weighted by atomic mass is 10.0. The first-order chi connectivity index (χ1) is 35.7. The molecule has 0 fully saturated rings. The van der Waals surface area contributed by atoms with E-state index in [0.717, 1.165) is 0 Å². The highest BCUT2D eigenvalue weighted by molar-refractivity contribution is 5.92. The number of nitrogens with one attached hydrogen (secondary N) is 6. The minimum atomic E-state index is -1.05. The Bertz CT molecular complexity index is 1620. The van der Waals surface area contributed by atoms with Crippen LogP contribution in [0, 0.1) is 0 Å². The summed E-state index contributed by atoms with van der Waals surface area (Å²) in [6, 6.07) is -2.07. The standard InChI is InChI=1S/C43H79N15O15/c44-56-51-16-24-70-31-28-66-20-9-38(60)47-12-3-1-6-36(42(64)50-15-23-69-34-35-73-27-19-59)55-43(65)37(7-2-4-13-48-39(61)10-21-67-29-32-71-25-17-52-57-45)54-41(63)8-5-14-49-40(62)11-22-68-30-33-72-26-18-53-58-46/h36-37,59H,1-35H2,(H,47,60)(H,48,61)(H,49,62)(H,50,64)(H,54,63)(H,55,65)/t36-,37-/m0/s1. The molecule has 0 aromatic carbocycles. The van der Waals surface area contributed by atoms with Crippen molar-refractivity contribution in [2.24, 2.45) is 15.3 Å². The van der Waals surface area contributed by atoms with Gasteiger partial charge in [0.05, 0.1) is 112 Å². The zero-order chi connectivity index (χ0) is 53.5. The van der Waals surface area contributed by atoms with Crippen LogP contribution < -0.4 is 31.9 Å². The first-order valence-electron chi connectivity index (χ1n) is 24.6. The number of unbranched alkanes of at least 4 members (excludes halogenated alkanes) is 2. The van der Waals surface area contributed by atoms with E-state index in [2.05, 4.69) is 62.0 Å². The highest BCUT2D eigenvalue weighted by Gasteiger charge is 2.26. The van der Waals surface area contributed by atoms with Gasteiger partial charge in [-0.1, -0.05) is 15.3 Å². The fourth-order valence-electron chi connectivity index (χ4n) is 5.89. The molecule has 0 saturated carbocycles. The van der Waals surface area contributed by atoms with Gasteiger partial charge in [-0.2, -0.15) is 0 Å². The third-order valence-corrected chi connectivity index (χ3v) is 9.56. The summed E-state index contributed by atoms with van der Waals surface area (Å²) in [7, 11) is 0. The van der Waals surface area contributed by atoms with E-state index in [1.807, 2.05) is 0 Å². The smallest absolute Gasteiger partial charge is 0.243 e. The van der Waals surface area contributed by atoms with Crippen LogP contribution in [0.1, 0.15) is 70.6 Å². The number of nitrogens with zero attached hydrogens (tertiary/aromatic N) is 9. The van der Waals surface area contributed by atoms with Crippen molar-refractivity contribution in [3.63, 3.8) is 0 Å². The number of azide groups is 3. The summed E-state index contributed by atoms with van der Waals surface area (Å²) in [4.78, 5) is 85.5. The number of carbonyl (C=O) groups is 6. The third kappa shape index (κ3) is 47.2. The van der Waals surface area contributed by atoms with Gasteiger partial charge in [-0.15, -0.1) is 0 Å². The maximum Gasteiger partial charge on any atom is 0.243 e. The molecule has 30 heteroatoms. The van der Waals surface area contributed by atoms with Gasteiger partial charge in [0.2, 0.25) is 35.4 Å². The minimum absolute atomic E-state index is 0.0187. The summed E-state index contributed by atoms with van der Waals surface area (Å²) >= 11 is 0. The van der Waals surface area contributed by atoms with Crippen LogP contribution in [0.15, 0.2) is 15.3 Å². The van der Waals surface area contributed by atoms with E-state index >= 15 is 0 Å². The lowest BCUT2D eigenvalue weighted by molar-refractivity contribution is -0.132. The number of amides is 6. The van der Waals surface area contributed by atoms with Crippen molar-refractivity contribution < 1.29 is 71.8 Å². The highest BCUT2D eigenvalue weighted by atomic mass is 16.5. The molecule has 30 nitrogen and oxygen atoms in total. The topological polar surface area (TPSA) is 415 Å². The number of aliphatic hydroxyl groups excluding tert-OH is 1. The maximum absolute atomic E-state index is 13.9. The molecule has 0 aliphatic heterocycles. The van der Waals surface area contributed by atoms with Crippen molar-refractivity contribution in [2.75, 3.05) is 158 Å². The first-order valence-corrected chi connectivity index (χ1v) is 24.6. The van der Waals surface area contributed by atoms with Gasteiger partial charge in [0.1, 0.15) is 12.1 Å². The van der Waals surface area contributed by atoms with E-state index in [1.54, 1.807) is 0 Å². The van der Waals surface area contributed by atoms with Crippen molar-refractivity contribution in [3.8, 4) is 0 Å². The molecule has 0 rings (SSSR count). The third-order valence-electron chi connectivity index (χ3n) is 9.56. The first kappa shape index (κ1) is 67.4. The molecular formula is C43H79N15O15. The summed E-state index contributed by atoms with van der Waals surface area (Å²) in [5.74, 6) is -2.28. The van der Waals surface area contributed by atoms with E-state index in [-0.39, 0.29) is 208 Å². The molecule has 0 unspecified atom stereocenters. The average molecular weight is 1050 g/mol. The zero-order valence-corrected chi connectivity index (χ0v) is 42.1. The zero-order valence-electron chi connectivity index (χ0n) is 42.1. The lowest BCUT2D eigenvalue weighted by Gasteiger charge is -2.23. The van der Waals surface area contributed by atoms with Gasteiger partial charge < -0.3 is 74.9 Å². The van der Waals surface area contributed by atoms with E-state index < -0.39 is 29.8 Å². The van der Waals surface area contributed by atoms with Gasteiger partial charge in [0.25, 0.3) is 0 Å². The molecule has 0 radical (unpaired) electrons. The molecule has 0 aromatic heterocycles. The quantitative estimate of drug-likeness (QED) is 0.0191. The predicted molar refractivity (Wildman–Crippen MR) is 262 cm³/mol. The molecule has 7 N–H and O–H groups in total. The Morgan fingerprint density at radius 2 is 0.753 bits per heavy atom. The number of hydrogen-bond acceptors (Lipinski definition) is 18. The Morgan fingerprint density at radius 1 is 0.384 bits per heavy atom. The average Bonchev–Trinajstić information content (AvgIpc) is 3.38. The minimum Gasteiger partial charge on any atom is -0.394 e. The van der Waals surface area contributed by atoms with Gasteiger partial charge in [-0.25, -0.2) is 0 Å². The van der Waals surface area contributed by atoms with Crippen LogP contribution >= 0.6 is 0 Å². The van der Waals surface area contributed by atoms with Gasteiger partial charge in [0.15, 0.2) is 0 Å². The fourth-order valence-corrected chi connectivity index (χ4v) is 5.89. The summed E-state index contributed by atoms with van der Waals surface area (Å²) in [6.07, 6.45) is 2.74. The molecule has 0 bridgehead atoms. The molecule has 0 spiro atoms. The van der Waals surface area contributed by atoms with Crippen molar-refractivity contribution in [2.45, 2.75) is 82.7 Å². The van der Waals surface area contributed by atoms with E-state index in [9.17, 15) is 28.8 Å². The Hall–Kier alpha value is -5.61. The van der Waals surface area contributed by atoms with E-state index in [4.69, 9.17) is 59.6 Å². The van der Waals surface area contributed by atoms with E-state index in [0.29, 0.717) is 38.8 Å². The molecule has 0 saturated heterocycles. The Morgan fingerprint density at radius 3 is 1.16 bits per heavy atom. The Balaban J connectivity index is 5.37. The monoisotopic (exact) mass is 1050 g/mol. The van der Waals surface area contributed by atoms with Gasteiger partial charge in [0, 0.05) is 86.2 Å². The van der Waals surface area contributed by atoms with Crippen molar-refractivity contribution in [1.82, 2.24) is 31.9 Å². The molecule has 0 aliphatic carbocycles. The normalized spacial score (nSPS) is 11.5. The van der Waals surface area contributed by atoms with Crippen LogP contribution in [-0.2, 0) is 66.7 Å². The van der Waals surface area contributed by atoms with Gasteiger partial charge in [-0.3, -0.25) is 28.8 Å². The fraction of sp³-hybridized carbons (Fsp3) is 0.860. The van der Waals surface area contributed by atoms with Crippen LogP contribution in [0.3, 0.4) is 0 Å². The second kappa shape index (κ2) is 52.7. The summed E-state index contributed by atoms with van der Waals surface area (Å²) < 4.78 is 42.6. The van der Waals surface area contributed by atoms with Crippen LogP contribution in [0.2, 0.25) is 0 Å². The van der Waals surface area contributed by atoms with Crippen molar-refractivity contribution in [3.05, 3.63) is 31.3 Å². The molecule has 0 aromatic rings. The number of aliphatic hydroxyl groups is 1. The summed E-state index contributed by atoms with van der Waals surface area (Å²) in [5, 5.41) is 35.6. The molecule has 416 valence electrons. The molecular weight excluding hydrogens is 967 g/mol. The SMILES string of the molecule is [N-]=[N+]=NCCOCCOCCC(=O)NCCCC[C@H](NC(=O)CCCNC(=O)CCOCCOCCN=[N+]=[N-])C(=O)N[C@@H](CCCCNC(=O)CCOCCOCCN=[N+]=[N-])C(=O)NCCOCCOCCO. The molecule has 0 aliphatic rings. The predicted octanol–water partition coefficient (Wildman–Crippen LogP) is 0.768. The van der Waals surface area contributed by atoms with Gasteiger partial charge in [-0.05, 0) is 61.5 Å². The van der Waals surface area contributed by atoms with Crippen molar-refractivity contribution in [1.29, 1.82) is 0 Å². The van der Waals surface area contributed by atoms with Crippen LogP contribution in [-0.4, -0.2) is 211 Å². The molecule has 0 heterocycles. The lowest BCUT2D eigenvalue weighted by Crippen LogP contribution is -2.54. The second-order valence-corrected chi connectivity index (χ2v) is 15.4. The number of ether oxygens (including phenoxy) is 8. The summed E-state index contributed by atoms with van der Waals surface area (Å²) in [6.45, 7) is 5.19. The van der Waals surface area contributed by atoms with Gasteiger partial charge >= 0.3 is 0 Å². The molecule has 6 amide bonds. The van der Waals surface area contributed by atoms with Crippen LogP contribution in [0.5, 0.6) is 0 Å². The highest BCUT2D eigenvalue weighted by Crippen LogP contribution is 2.07. The Labute approximate surface area is 425 Å². The van der Waals surface area contributed by atoms with Crippen molar-refractivity contribution >= 4 is 35.4 Å². The molecule has 73 heavy (non-hydrogen) atoms. The van der Waals surface area contributed by atoms with Crippen LogP contribution in [0.25, 0.3) is 31.3 Å². The number of hydrogen-bond donors (Lipinski definition) is 7. The maximum atomic E-state index is 13.9. The second-order valence-electron chi connectivity index (χ2n) is 15.4. The molecule has 2 atom stereocenters. The summed E-state index contributed by atoms with van der Waals surface area (Å²) in [5.41, 5.74) is 24.9. The van der Waals surface area contributed by atoms with E-state index in [1.165, 1.54) is 0 Å². The Kier molecular flexibility index (Phi) is 48.7. The van der Waals surface area contributed by atoms with Crippen LogP contribution in [0.4, 0.5) is 0 Å². The number of rotatable bonds is 53.